The van der Waals surface area contributed by atoms with E-state index in [0.29, 0.717) is 26.1 Å². The Morgan fingerprint density at radius 3 is 2.39 bits per heavy atom. The molecular formula is C34H47F2N5O3. The van der Waals surface area contributed by atoms with Gasteiger partial charge in [-0.2, -0.15) is 0 Å². The van der Waals surface area contributed by atoms with Gasteiger partial charge in [0.15, 0.2) is 0 Å². The first-order valence-corrected chi connectivity index (χ1v) is 15.7. The molecule has 10 heteroatoms. The Morgan fingerprint density at radius 1 is 1.05 bits per heavy atom. The zero-order valence-corrected chi connectivity index (χ0v) is 26.9. The minimum absolute atomic E-state index is 0.0638. The molecule has 1 N–H and O–H groups in total. The van der Waals surface area contributed by atoms with Crippen molar-refractivity contribution in [2.24, 2.45) is 5.41 Å². The van der Waals surface area contributed by atoms with Crippen LogP contribution in [0, 0.1) is 11.2 Å². The van der Waals surface area contributed by atoms with Crippen LogP contribution in [-0.2, 0) is 16.6 Å². The first-order valence-electron chi connectivity index (χ1n) is 15.7. The maximum absolute atomic E-state index is 14.3. The van der Waals surface area contributed by atoms with Crippen molar-refractivity contribution in [2.45, 2.75) is 83.8 Å². The lowest BCUT2D eigenvalue weighted by Gasteiger charge is -2.57. The number of amides is 2. The van der Waals surface area contributed by atoms with Crippen molar-refractivity contribution >= 4 is 17.7 Å². The largest absolute Gasteiger partial charge is 0.465 e. The van der Waals surface area contributed by atoms with E-state index in [9.17, 15) is 23.5 Å². The lowest BCUT2D eigenvalue weighted by Crippen LogP contribution is -2.72. The fourth-order valence-electron chi connectivity index (χ4n) is 7.20. The van der Waals surface area contributed by atoms with E-state index in [1.165, 1.54) is 12.1 Å². The van der Waals surface area contributed by atoms with Gasteiger partial charge in [-0.15, -0.1) is 0 Å². The molecule has 0 spiro atoms. The Balaban J connectivity index is 1.43. The molecule has 2 saturated heterocycles. The number of aromatic nitrogens is 1. The Bertz CT molecular complexity index is 1380. The molecule has 2 fully saturated rings. The SMILES string of the molecule is CC1(C)CN(C(=O)CN2C[C@@](C)(C(C)(C)C)N(C(=O)O)C[C@@H]2CN2CCC[C@H]2CF)c2cc(Cc3ccc(F)cc3)cnc21. The molecule has 0 radical (unpaired) electrons. The van der Waals surface area contributed by atoms with Gasteiger partial charge in [-0.1, -0.05) is 46.8 Å². The average molecular weight is 612 g/mol. The number of likely N-dealkylation sites (tertiary alicyclic amines) is 1. The molecule has 0 bridgehead atoms. The fourth-order valence-corrected chi connectivity index (χ4v) is 7.20. The zero-order valence-electron chi connectivity index (χ0n) is 26.9. The van der Waals surface area contributed by atoms with E-state index in [2.05, 4.69) is 23.6 Å². The van der Waals surface area contributed by atoms with Crippen LogP contribution >= 0.6 is 0 Å². The number of anilines is 1. The number of carbonyl (C=O) groups excluding carboxylic acids is 1. The number of fused-ring (bicyclic) bond motifs is 1. The van der Waals surface area contributed by atoms with Crippen molar-refractivity contribution in [3.63, 3.8) is 0 Å². The smallest absolute Gasteiger partial charge is 0.407 e. The van der Waals surface area contributed by atoms with Crippen LogP contribution in [0.2, 0.25) is 0 Å². The monoisotopic (exact) mass is 611 g/mol. The maximum Gasteiger partial charge on any atom is 0.407 e. The molecule has 8 nitrogen and oxygen atoms in total. The molecule has 2 aromatic rings. The van der Waals surface area contributed by atoms with Crippen LogP contribution in [0.15, 0.2) is 36.5 Å². The number of nitrogens with zero attached hydrogens (tertiary/aromatic N) is 5. The normalized spacial score (nSPS) is 25.8. The molecule has 4 heterocycles. The highest BCUT2D eigenvalue weighted by Gasteiger charge is 2.52. The fraction of sp³-hybridized carbons (Fsp3) is 0.618. The summed E-state index contributed by atoms with van der Waals surface area (Å²) in [6, 6.07) is 8.00. The van der Waals surface area contributed by atoms with Crippen LogP contribution in [0.1, 0.15) is 71.2 Å². The number of carbonyl (C=O) groups is 2. The predicted octanol–water partition coefficient (Wildman–Crippen LogP) is 5.34. The van der Waals surface area contributed by atoms with E-state index < -0.39 is 23.7 Å². The maximum atomic E-state index is 14.3. The summed E-state index contributed by atoms with van der Waals surface area (Å²) in [5.41, 5.74) is 2.06. The highest BCUT2D eigenvalue weighted by atomic mass is 19.1. The van der Waals surface area contributed by atoms with Crippen LogP contribution in [0.5, 0.6) is 0 Å². The molecule has 1 aromatic heterocycles. The van der Waals surface area contributed by atoms with Gasteiger partial charge in [0.2, 0.25) is 5.91 Å². The van der Waals surface area contributed by atoms with Gasteiger partial charge in [-0.05, 0) is 67.5 Å². The summed E-state index contributed by atoms with van der Waals surface area (Å²) < 4.78 is 27.3. The van der Waals surface area contributed by atoms with Crippen LogP contribution in [0.25, 0.3) is 0 Å². The van der Waals surface area contributed by atoms with E-state index in [1.807, 2.05) is 44.9 Å². The molecule has 1 aromatic carbocycles. The van der Waals surface area contributed by atoms with Gasteiger partial charge >= 0.3 is 6.09 Å². The van der Waals surface area contributed by atoms with Crippen molar-refractivity contribution in [3.05, 3.63) is 59.2 Å². The van der Waals surface area contributed by atoms with Gasteiger partial charge in [0.05, 0.1) is 23.5 Å². The van der Waals surface area contributed by atoms with Crippen LogP contribution in [0.3, 0.4) is 0 Å². The van der Waals surface area contributed by atoms with Crippen molar-refractivity contribution in [2.75, 3.05) is 50.8 Å². The molecule has 3 atom stereocenters. The van der Waals surface area contributed by atoms with E-state index in [-0.39, 0.29) is 42.3 Å². The summed E-state index contributed by atoms with van der Waals surface area (Å²) in [5.74, 6) is -0.347. The summed E-state index contributed by atoms with van der Waals surface area (Å²) >= 11 is 0. The summed E-state index contributed by atoms with van der Waals surface area (Å²) in [7, 11) is 0. The minimum atomic E-state index is -0.975. The van der Waals surface area contributed by atoms with E-state index >= 15 is 0 Å². The van der Waals surface area contributed by atoms with Crippen molar-refractivity contribution in [3.8, 4) is 0 Å². The van der Waals surface area contributed by atoms with Gasteiger partial charge in [0.1, 0.15) is 12.5 Å². The van der Waals surface area contributed by atoms with E-state index in [4.69, 9.17) is 4.98 Å². The predicted molar refractivity (Wildman–Crippen MR) is 167 cm³/mol. The number of piperazine rings is 1. The van der Waals surface area contributed by atoms with Crippen LogP contribution < -0.4 is 4.90 Å². The average Bonchev–Trinajstić information content (AvgIpc) is 3.51. The number of rotatable bonds is 7. The lowest BCUT2D eigenvalue weighted by molar-refractivity contribution is -0.124. The molecule has 2 amide bonds. The second-order valence-corrected chi connectivity index (χ2v) is 14.8. The number of hydrogen-bond acceptors (Lipinski definition) is 5. The van der Waals surface area contributed by atoms with Gasteiger partial charge < -0.3 is 10.0 Å². The van der Waals surface area contributed by atoms with Gasteiger partial charge in [-0.25, -0.2) is 13.6 Å². The molecular weight excluding hydrogens is 564 g/mol. The molecule has 3 aliphatic rings. The highest BCUT2D eigenvalue weighted by molar-refractivity contribution is 5.97. The Labute approximate surface area is 260 Å². The summed E-state index contributed by atoms with van der Waals surface area (Å²) in [6.07, 6.45) is 3.13. The number of alkyl halides is 1. The molecule has 0 saturated carbocycles. The first kappa shape index (κ1) is 32.3. The highest BCUT2D eigenvalue weighted by Crippen LogP contribution is 2.42. The standard InChI is InChI=1S/C34H47F2N5O3/c1-32(2,3)34(6)22-39(27(19-41(34)31(43)44)18-38-13-7-8-26(38)16-35)20-29(42)40-21-33(4,5)30-28(40)15-24(17-37-30)14-23-9-11-25(36)12-10-23/h9-12,15,17,26-27H,7-8,13-14,16,18-22H2,1-6H3,(H,43,44)/t26-,27-,34-/m0/s1. The number of pyridine rings is 1. The van der Waals surface area contributed by atoms with Gasteiger partial charge in [-0.3, -0.25) is 24.5 Å². The second-order valence-electron chi connectivity index (χ2n) is 14.8. The number of hydrogen-bond donors (Lipinski definition) is 1. The number of halogens is 2. The summed E-state index contributed by atoms with van der Waals surface area (Å²) in [4.78, 5) is 39.3. The molecule has 0 unspecified atom stereocenters. The zero-order chi connectivity index (χ0) is 32.0. The molecule has 3 aliphatic heterocycles. The van der Waals surface area contributed by atoms with Crippen molar-refractivity contribution in [1.29, 1.82) is 0 Å². The Hall–Kier alpha value is -3.11. The Morgan fingerprint density at radius 2 is 1.75 bits per heavy atom. The third kappa shape index (κ3) is 6.20. The molecule has 0 aliphatic carbocycles. The third-order valence-electron chi connectivity index (χ3n) is 10.4. The van der Waals surface area contributed by atoms with E-state index in [1.54, 1.807) is 17.0 Å². The minimum Gasteiger partial charge on any atom is -0.465 e. The second kappa shape index (κ2) is 12.0. The molecule has 44 heavy (non-hydrogen) atoms. The summed E-state index contributed by atoms with van der Waals surface area (Å²) in [6.45, 7) is 14.3. The van der Waals surface area contributed by atoms with E-state index in [0.717, 1.165) is 41.9 Å². The van der Waals surface area contributed by atoms with Crippen LogP contribution in [-0.4, -0.2) is 100 Å². The lowest BCUT2D eigenvalue weighted by atomic mass is 9.71. The number of carboxylic acid groups (broad SMARTS) is 1. The first-order chi connectivity index (χ1) is 20.6. The third-order valence-corrected chi connectivity index (χ3v) is 10.4. The Kier molecular flexibility index (Phi) is 8.81. The van der Waals surface area contributed by atoms with Crippen molar-refractivity contribution < 1.29 is 23.5 Å². The van der Waals surface area contributed by atoms with Gasteiger partial charge in [0.25, 0.3) is 0 Å². The quantitative estimate of drug-likeness (QED) is 0.456. The molecule has 5 rings (SSSR count). The van der Waals surface area contributed by atoms with Crippen molar-refractivity contribution in [1.82, 2.24) is 19.7 Å². The van der Waals surface area contributed by atoms with Gasteiger partial charge in [0, 0.05) is 49.9 Å². The number of benzene rings is 1. The summed E-state index contributed by atoms with van der Waals surface area (Å²) in [5, 5.41) is 10.3. The topological polar surface area (TPSA) is 80.2 Å². The van der Waals surface area contributed by atoms with Crippen LogP contribution in [0.4, 0.5) is 19.3 Å². The molecule has 240 valence electrons.